The van der Waals surface area contributed by atoms with Crippen LogP contribution in [0.25, 0.3) is 11.3 Å². The summed E-state index contributed by atoms with van der Waals surface area (Å²) in [7, 11) is -5.54. The van der Waals surface area contributed by atoms with Gasteiger partial charge in [-0.05, 0) is 54.8 Å². The molecule has 1 aliphatic heterocycles. The molecule has 180 valence electrons. The third kappa shape index (κ3) is 3.75. The van der Waals surface area contributed by atoms with E-state index in [-0.39, 0.29) is 12.2 Å². The van der Waals surface area contributed by atoms with Gasteiger partial charge in [-0.1, -0.05) is 30.3 Å². The number of carbonyl (C=O) groups excluding carboxylic acids is 2. The van der Waals surface area contributed by atoms with Crippen LogP contribution in [0.3, 0.4) is 0 Å². The number of aromatic nitrogens is 1. The minimum Gasteiger partial charge on any atom is -0.305 e. The largest absolute Gasteiger partial charge is 0.501 e. The van der Waals surface area contributed by atoms with E-state index in [0.29, 0.717) is 18.5 Å². The molecular formula is C24H18F3N3O4S. The number of carbonyl (C=O) groups is 2. The zero-order valence-electron chi connectivity index (χ0n) is 18.1. The van der Waals surface area contributed by atoms with E-state index in [2.05, 4.69) is 4.98 Å². The van der Waals surface area contributed by atoms with E-state index in [9.17, 15) is 31.2 Å². The monoisotopic (exact) mass is 501 g/mol. The lowest BCUT2D eigenvalue weighted by molar-refractivity contribution is -0.120. The number of imide groups is 1. The van der Waals surface area contributed by atoms with Gasteiger partial charge in [0.1, 0.15) is 5.54 Å². The molecule has 1 aliphatic carbocycles. The highest BCUT2D eigenvalue weighted by atomic mass is 32.2. The van der Waals surface area contributed by atoms with Crippen molar-refractivity contribution < 1.29 is 31.2 Å². The predicted octanol–water partition coefficient (Wildman–Crippen LogP) is 4.54. The van der Waals surface area contributed by atoms with Crippen molar-refractivity contribution in [3.05, 3.63) is 78.5 Å². The second kappa shape index (κ2) is 7.91. The highest BCUT2D eigenvalue weighted by Gasteiger charge is 2.65. The van der Waals surface area contributed by atoms with Gasteiger partial charge in [0, 0.05) is 18.3 Å². The molecule has 1 aromatic heterocycles. The first-order valence-electron chi connectivity index (χ1n) is 10.6. The van der Waals surface area contributed by atoms with Crippen LogP contribution in [0.2, 0.25) is 0 Å². The van der Waals surface area contributed by atoms with Crippen molar-refractivity contribution in [2.45, 2.75) is 35.3 Å². The Balaban J connectivity index is 1.42. The Bertz CT molecular complexity index is 1420. The molecule has 1 spiro atoms. The van der Waals surface area contributed by atoms with Gasteiger partial charge < -0.3 is 4.90 Å². The Morgan fingerprint density at radius 1 is 0.943 bits per heavy atom. The van der Waals surface area contributed by atoms with Crippen molar-refractivity contribution in [1.82, 2.24) is 9.88 Å². The third-order valence-corrected chi connectivity index (χ3v) is 7.71. The van der Waals surface area contributed by atoms with E-state index < -0.39 is 37.7 Å². The van der Waals surface area contributed by atoms with E-state index in [4.69, 9.17) is 0 Å². The Labute approximate surface area is 198 Å². The molecule has 35 heavy (non-hydrogen) atoms. The zero-order valence-corrected chi connectivity index (χ0v) is 18.9. The Hall–Kier alpha value is -3.73. The molecule has 3 amide bonds. The minimum atomic E-state index is -5.54. The van der Waals surface area contributed by atoms with Crippen LogP contribution in [0.15, 0.2) is 77.8 Å². The number of anilines is 1. The standard InChI is InChI=1S/C24H18F3N3O4S/c25-24(26,27)35(33,34)19-8-6-18(7-9-19)30-21(31)23(11-12-23)29(22(30)32)15-16-10-13-28-20(14-16)17-4-2-1-3-5-17/h1-10,13-14H,11-12,15H2. The number of sulfone groups is 1. The van der Waals surface area contributed by atoms with Gasteiger partial charge >= 0.3 is 11.5 Å². The zero-order chi connectivity index (χ0) is 25.0. The third-order valence-electron chi connectivity index (χ3n) is 6.21. The van der Waals surface area contributed by atoms with Gasteiger partial charge in [0.15, 0.2) is 0 Å². The number of nitrogens with zero attached hydrogens (tertiary/aromatic N) is 3. The summed E-state index contributed by atoms with van der Waals surface area (Å²) in [6.07, 6.45) is 2.55. The number of pyridine rings is 1. The molecule has 5 rings (SSSR count). The number of urea groups is 1. The van der Waals surface area contributed by atoms with E-state index in [1.165, 1.54) is 4.90 Å². The summed E-state index contributed by atoms with van der Waals surface area (Å²) in [5.41, 5.74) is -4.08. The first-order chi connectivity index (χ1) is 16.5. The molecule has 0 radical (unpaired) electrons. The van der Waals surface area contributed by atoms with Crippen molar-refractivity contribution in [2.24, 2.45) is 0 Å². The lowest BCUT2D eigenvalue weighted by Gasteiger charge is -2.21. The molecule has 0 bridgehead atoms. The second-order valence-corrected chi connectivity index (χ2v) is 10.3. The normalized spacial score (nSPS) is 17.3. The quantitative estimate of drug-likeness (QED) is 0.479. The molecule has 11 heteroatoms. The summed E-state index contributed by atoms with van der Waals surface area (Å²) >= 11 is 0. The molecule has 0 atom stereocenters. The summed E-state index contributed by atoms with van der Waals surface area (Å²) in [6.45, 7) is 0.143. The van der Waals surface area contributed by atoms with E-state index in [1.807, 2.05) is 36.4 Å². The average molecular weight is 501 g/mol. The molecule has 2 aliphatic rings. The average Bonchev–Trinajstić information content (AvgIpc) is 3.61. The first-order valence-corrected chi connectivity index (χ1v) is 12.1. The fraction of sp³-hybridized carbons (Fsp3) is 0.208. The Kier molecular flexibility index (Phi) is 5.20. The molecule has 7 nitrogen and oxygen atoms in total. The van der Waals surface area contributed by atoms with Crippen LogP contribution < -0.4 is 4.90 Å². The smallest absolute Gasteiger partial charge is 0.305 e. The van der Waals surface area contributed by atoms with Crippen LogP contribution in [0, 0.1) is 0 Å². The van der Waals surface area contributed by atoms with Gasteiger partial charge in [-0.15, -0.1) is 0 Å². The number of alkyl halides is 3. The molecule has 1 saturated heterocycles. The predicted molar refractivity (Wildman–Crippen MR) is 120 cm³/mol. The van der Waals surface area contributed by atoms with Gasteiger partial charge in [-0.25, -0.2) is 18.1 Å². The van der Waals surface area contributed by atoms with Crippen LogP contribution in [0.1, 0.15) is 18.4 Å². The highest BCUT2D eigenvalue weighted by Crippen LogP contribution is 2.50. The van der Waals surface area contributed by atoms with Gasteiger partial charge in [-0.2, -0.15) is 13.2 Å². The maximum Gasteiger partial charge on any atom is 0.501 e. The fourth-order valence-electron chi connectivity index (χ4n) is 4.19. The van der Waals surface area contributed by atoms with Gasteiger partial charge in [0.05, 0.1) is 16.3 Å². The number of amides is 3. The molecular weight excluding hydrogens is 483 g/mol. The summed E-state index contributed by atoms with van der Waals surface area (Å²) in [5.74, 6) is -0.480. The van der Waals surface area contributed by atoms with Crippen molar-refractivity contribution in [3.63, 3.8) is 0 Å². The van der Waals surface area contributed by atoms with E-state index in [1.54, 1.807) is 12.3 Å². The topological polar surface area (TPSA) is 87.7 Å². The first kappa shape index (κ1) is 23.0. The van der Waals surface area contributed by atoms with E-state index in [0.717, 1.165) is 40.3 Å². The Morgan fingerprint density at radius 3 is 2.20 bits per heavy atom. The minimum absolute atomic E-state index is 0.00889. The summed E-state index contributed by atoms with van der Waals surface area (Å²) in [4.78, 5) is 32.2. The molecule has 2 heterocycles. The number of benzene rings is 2. The molecule has 0 N–H and O–H groups in total. The van der Waals surface area contributed by atoms with Crippen LogP contribution in [-0.4, -0.2) is 41.3 Å². The molecule has 0 unspecified atom stereocenters. The van der Waals surface area contributed by atoms with Crippen LogP contribution in [0.5, 0.6) is 0 Å². The molecule has 2 aromatic carbocycles. The summed E-state index contributed by atoms with van der Waals surface area (Å²) in [6, 6.07) is 16.0. The van der Waals surface area contributed by atoms with Gasteiger partial charge in [-0.3, -0.25) is 9.78 Å². The van der Waals surface area contributed by atoms with Crippen LogP contribution >= 0.6 is 0 Å². The van der Waals surface area contributed by atoms with Crippen molar-refractivity contribution in [3.8, 4) is 11.3 Å². The maximum absolute atomic E-state index is 13.3. The number of hydrogen-bond donors (Lipinski definition) is 0. The van der Waals surface area contributed by atoms with Gasteiger partial charge in [0.2, 0.25) is 0 Å². The van der Waals surface area contributed by atoms with Crippen LogP contribution in [0.4, 0.5) is 23.7 Å². The molecule has 2 fully saturated rings. The van der Waals surface area contributed by atoms with Crippen LogP contribution in [-0.2, 0) is 21.2 Å². The van der Waals surface area contributed by atoms with Crippen molar-refractivity contribution in [2.75, 3.05) is 4.90 Å². The fourth-order valence-corrected chi connectivity index (χ4v) is 4.95. The maximum atomic E-state index is 13.3. The Morgan fingerprint density at radius 2 is 1.60 bits per heavy atom. The van der Waals surface area contributed by atoms with Crippen molar-refractivity contribution in [1.29, 1.82) is 0 Å². The SMILES string of the molecule is O=C1N(c2ccc(S(=O)(=O)C(F)(F)F)cc2)C(=O)C2(CC2)N1Cc1ccnc(-c2ccccc2)c1. The van der Waals surface area contributed by atoms with Gasteiger partial charge in [0.25, 0.3) is 15.7 Å². The lowest BCUT2D eigenvalue weighted by Crippen LogP contribution is -2.36. The highest BCUT2D eigenvalue weighted by molar-refractivity contribution is 7.92. The molecule has 3 aromatic rings. The molecule has 1 saturated carbocycles. The van der Waals surface area contributed by atoms with Crippen molar-refractivity contribution >= 4 is 27.5 Å². The second-order valence-electron chi connectivity index (χ2n) is 8.40. The number of hydrogen-bond acceptors (Lipinski definition) is 5. The summed E-state index contributed by atoms with van der Waals surface area (Å²) < 4.78 is 61.8. The summed E-state index contributed by atoms with van der Waals surface area (Å²) in [5, 5.41) is 0. The number of halogens is 3. The lowest BCUT2D eigenvalue weighted by atomic mass is 10.1. The number of rotatable bonds is 5. The van der Waals surface area contributed by atoms with E-state index >= 15 is 0 Å².